The molecule has 0 aromatic heterocycles. The fraction of sp³-hybridized carbons (Fsp3) is 0.471. The maximum atomic E-state index is 12.5. The molecule has 3 rings (SSSR count). The van der Waals surface area contributed by atoms with Crippen molar-refractivity contribution in [1.82, 2.24) is 5.06 Å². The molecule has 2 aliphatic heterocycles. The predicted octanol–water partition coefficient (Wildman–Crippen LogP) is 2.19. The van der Waals surface area contributed by atoms with Crippen molar-refractivity contribution in [3.8, 4) is 0 Å². The lowest BCUT2D eigenvalue weighted by Gasteiger charge is -2.33. The molecule has 0 bridgehead atoms. The molecule has 2 aliphatic rings. The van der Waals surface area contributed by atoms with Crippen LogP contribution in [-0.4, -0.2) is 35.6 Å². The van der Waals surface area contributed by atoms with E-state index in [4.69, 9.17) is 9.57 Å². The molecule has 0 unspecified atom stereocenters. The molecule has 1 fully saturated rings. The Labute approximate surface area is 134 Å². The average molecular weight is 317 g/mol. The highest BCUT2D eigenvalue weighted by Gasteiger charge is 2.42. The molecule has 2 heterocycles. The Morgan fingerprint density at radius 3 is 2.39 bits per heavy atom. The van der Waals surface area contributed by atoms with Gasteiger partial charge in [0.2, 0.25) is 0 Å². The van der Waals surface area contributed by atoms with Gasteiger partial charge in [-0.25, -0.2) is 4.79 Å². The first kappa shape index (κ1) is 15.7. The normalized spacial score (nSPS) is 24.0. The average Bonchev–Trinajstić information content (AvgIpc) is 2.80. The van der Waals surface area contributed by atoms with Crippen LogP contribution in [0.1, 0.15) is 47.4 Å². The molecule has 1 aromatic carbocycles. The Hall–Kier alpha value is -2.21. The van der Waals surface area contributed by atoms with Crippen molar-refractivity contribution >= 4 is 17.8 Å². The first-order valence-corrected chi connectivity index (χ1v) is 7.82. The third kappa shape index (κ3) is 2.74. The third-order valence-corrected chi connectivity index (χ3v) is 4.26. The molecule has 0 saturated carbocycles. The number of ether oxygens (including phenoxy) is 1. The number of amides is 2. The molecule has 122 valence electrons. The number of hydrogen-bond donors (Lipinski definition) is 0. The third-order valence-electron chi connectivity index (χ3n) is 4.26. The number of nitrogens with zero attached hydrogens (tertiary/aromatic N) is 1. The number of imide groups is 1. The van der Waals surface area contributed by atoms with Crippen molar-refractivity contribution in [2.75, 3.05) is 6.61 Å². The molecule has 6 nitrogen and oxygen atoms in total. The molecule has 6 heteroatoms. The van der Waals surface area contributed by atoms with Crippen LogP contribution in [0.25, 0.3) is 0 Å². The lowest BCUT2D eigenvalue weighted by Crippen LogP contribution is -2.43. The second kappa shape index (κ2) is 6.12. The van der Waals surface area contributed by atoms with Gasteiger partial charge in [-0.2, -0.15) is 0 Å². The van der Waals surface area contributed by atoms with Crippen LogP contribution in [0, 0.1) is 11.8 Å². The van der Waals surface area contributed by atoms with E-state index in [0.717, 1.165) is 6.42 Å². The SMILES string of the molecule is CC(C)[C@H]1OCCC[C@H]1C(=O)ON1C(=O)c2ccccc2C1=O. The maximum Gasteiger partial charge on any atom is 0.338 e. The van der Waals surface area contributed by atoms with Crippen molar-refractivity contribution < 1.29 is 24.0 Å². The summed E-state index contributed by atoms with van der Waals surface area (Å²) in [6, 6.07) is 6.42. The Morgan fingerprint density at radius 2 is 1.83 bits per heavy atom. The molecule has 1 aromatic rings. The smallest absolute Gasteiger partial charge is 0.338 e. The zero-order chi connectivity index (χ0) is 16.6. The summed E-state index contributed by atoms with van der Waals surface area (Å²) in [4.78, 5) is 42.1. The highest BCUT2D eigenvalue weighted by Crippen LogP contribution is 2.29. The second-order valence-electron chi connectivity index (χ2n) is 6.19. The van der Waals surface area contributed by atoms with Crippen LogP contribution in [0.3, 0.4) is 0 Å². The molecular formula is C17H19NO5. The zero-order valence-corrected chi connectivity index (χ0v) is 13.2. The number of benzene rings is 1. The number of rotatable bonds is 3. The fourth-order valence-corrected chi connectivity index (χ4v) is 3.12. The Bertz CT molecular complexity index is 619. The summed E-state index contributed by atoms with van der Waals surface area (Å²) < 4.78 is 5.66. The van der Waals surface area contributed by atoms with E-state index in [0.29, 0.717) is 18.1 Å². The zero-order valence-electron chi connectivity index (χ0n) is 13.2. The first-order valence-electron chi connectivity index (χ1n) is 7.82. The van der Waals surface area contributed by atoms with E-state index >= 15 is 0 Å². The molecule has 1 saturated heterocycles. The summed E-state index contributed by atoms with van der Waals surface area (Å²) in [6.07, 6.45) is 1.13. The predicted molar refractivity (Wildman–Crippen MR) is 80.3 cm³/mol. The largest absolute Gasteiger partial charge is 0.377 e. The minimum absolute atomic E-state index is 0.148. The Kier molecular flexibility index (Phi) is 4.17. The number of fused-ring (bicyclic) bond motifs is 1. The summed E-state index contributed by atoms with van der Waals surface area (Å²) in [5, 5.41) is 0.568. The van der Waals surface area contributed by atoms with E-state index in [1.807, 2.05) is 13.8 Å². The van der Waals surface area contributed by atoms with Gasteiger partial charge in [-0.1, -0.05) is 31.0 Å². The number of hydroxylamine groups is 2. The summed E-state index contributed by atoms with van der Waals surface area (Å²) in [5.74, 6) is -2.10. The molecule has 2 amide bonds. The Morgan fingerprint density at radius 1 is 1.22 bits per heavy atom. The van der Waals surface area contributed by atoms with Gasteiger partial charge in [0.1, 0.15) is 0 Å². The van der Waals surface area contributed by atoms with Gasteiger partial charge in [-0.15, -0.1) is 0 Å². The van der Waals surface area contributed by atoms with E-state index in [9.17, 15) is 14.4 Å². The summed E-state index contributed by atoms with van der Waals surface area (Å²) >= 11 is 0. The van der Waals surface area contributed by atoms with E-state index < -0.39 is 23.7 Å². The highest BCUT2D eigenvalue weighted by molar-refractivity contribution is 6.20. The second-order valence-corrected chi connectivity index (χ2v) is 6.19. The van der Waals surface area contributed by atoms with Crippen molar-refractivity contribution in [3.63, 3.8) is 0 Å². The lowest BCUT2D eigenvalue weighted by molar-refractivity contribution is -0.184. The van der Waals surface area contributed by atoms with Gasteiger partial charge in [0.15, 0.2) is 0 Å². The topological polar surface area (TPSA) is 72.9 Å². The van der Waals surface area contributed by atoms with Crippen LogP contribution in [0.4, 0.5) is 0 Å². The standard InChI is InChI=1S/C17H19NO5/c1-10(2)14-13(8-5-9-22-14)17(21)23-18-15(19)11-6-3-4-7-12(11)16(18)20/h3-4,6-7,10,13-14H,5,8-9H2,1-2H3/t13-,14-/m1/s1. The van der Waals surface area contributed by atoms with E-state index in [1.54, 1.807) is 24.3 Å². The number of hydrogen-bond acceptors (Lipinski definition) is 5. The summed E-state index contributed by atoms with van der Waals surface area (Å²) in [6.45, 7) is 4.55. The van der Waals surface area contributed by atoms with Crippen molar-refractivity contribution in [2.24, 2.45) is 11.8 Å². The molecule has 2 atom stereocenters. The summed E-state index contributed by atoms with van der Waals surface area (Å²) in [7, 11) is 0. The van der Waals surface area contributed by atoms with E-state index in [-0.39, 0.29) is 23.1 Å². The van der Waals surface area contributed by atoms with Crippen LogP contribution in [0.2, 0.25) is 0 Å². The van der Waals surface area contributed by atoms with Gasteiger partial charge >= 0.3 is 5.97 Å². The van der Waals surface area contributed by atoms with Crippen LogP contribution in [0.5, 0.6) is 0 Å². The van der Waals surface area contributed by atoms with Gasteiger partial charge in [0.25, 0.3) is 11.8 Å². The maximum absolute atomic E-state index is 12.5. The minimum atomic E-state index is -0.600. The molecular weight excluding hydrogens is 298 g/mol. The van der Waals surface area contributed by atoms with Crippen molar-refractivity contribution in [1.29, 1.82) is 0 Å². The van der Waals surface area contributed by atoms with Gasteiger partial charge in [-0.05, 0) is 30.9 Å². The quantitative estimate of drug-likeness (QED) is 0.799. The van der Waals surface area contributed by atoms with Gasteiger partial charge < -0.3 is 9.57 Å². The van der Waals surface area contributed by atoms with E-state index in [2.05, 4.69) is 0 Å². The number of carbonyl (C=O) groups excluding carboxylic acids is 3. The highest BCUT2D eigenvalue weighted by atomic mass is 16.7. The lowest BCUT2D eigenvalue weighted by atomic mass is 9.87. The molecule has 0 spiro atoms. The van der Waals surface area contributed by atoms with Gasteiger partial charge in [0.05, 0.1) is 23.1 Å². The molecule has 0 aliphatic carbocycles. The first-order chi connectivity index (χ1) is 11.0. The van der Waals surface area contributed by atoms with Crippen LogP contribution in [0.15, 0.2) is 24.3 Å². The fourth-order valence-electron chi connectivity index (χ4n) is 3.12. The van der Waals surface area contributed by atoms with Crippen LogP contribution >= 0.6 is 0 Å². The van der Waals surface area contributed by atoms with Gasteiger partial charge in [-0.3, -0.25) is 9.59 Å². The summed E-state index contributed by atoms with van der Waals surface area (Å²) in [5.41, 5.74) is 0.510. The van der Waals surface area contributed by atoms with Crippen molar-refractivity contribution in [3.05, 3.63) is 35.4 Å². The molecule has 0 radical (unpaired) electrons. The molecule has 0 N–H and O–H groups in total. The van der Waals surface area contributed by atoms with Gasteiger partial charge in [0, 0.05) is 6.61 Å². The van der Waals surface area contributed by atoms with E-state index in [1.165, 1.54) is 0 Å². The monoisotopic (exact) mass is 317 g/mol. The van der Waals surface area contributed by atoms with Crippen LogP contribution in [-0.2, 0) is 14.4 Å². The molecule has 23 heavy (non-hydrogen) atoms. The number of carbonyl (C=O) groups is 3. The minimum Gasteiger partial charge on any atom is -0.377 e. The van der Waals surface area contributed by atoms with Crippen LogP contribution < -0.4 is 0 Å². The Balaban J connectivity index is 1.76. The van der Waals surface area contributed by atoms with Crippen molar-refractivity contribution in [2.45, 2.75) is 32.8 Å².